The number of ether oxygens (including phenoxy) is 1. The van der Waals surface area contributed by atoms with E-state index in [1.54, 1.807) is 11.3 Å². The molecule has 1 rings (SSSR count). The number of amides is 1. The second-order valence-electron chi connectivity index (χ2n) is 8.14. The first-order valence-corrected chi connectivity index (χ1v) is 10.8. The van der Waals surface area contributed by atoms with Gasteiger partial charge in [-0.1, -0.05) is 13.8 Å². The number of hydrogen-bond donors (Lipinski definition) is 3. The van der Waals surface area contributed by atoms with Gasteiger partial charge in [0, 0.05) is 24.4 Å². The van der Waals surface area contributed by atoms with Crippen LogP contribution in [0.2, 0.25) is 0 Å². The minimum absolute atomic E-state index is 0. The van der Waals surface area contributed by atoms with Crippen LogP contribution in [0.4, 0.5) is 4.79 Å². The number of halogens is 1. The van der Waals surface area contributed by atoms with Crippen molar-refractivity contribution < 1.29 is 9.53 Å². The predicted molar refractivity (Wildman–Crippen MR) is 133 cm³/mol. The highest BCUT2D eigenvalue weighted by Gasteiger charge is 2.21. The molecule has 1 heterocycles. The van der Waals surface area contributed by atoms with Gasteiger partial charge < -0.3 is 20.7 Å². The Kier molecular flexibility index (Phi) is 12.7. The van der Waals surface area contributed by atoms with Crippen LogP contribution >= 0.6 is 35.3 Å². The fourth-order valence-corrected chi connectivity index (χ4v) is 3.28. The van der Waals surface area contributed by atoms with Crippen LogP contribution in [-0.2, 0) is 11.2 Å². The molecule has 0 aliphatic rings. The SMILES string of the molecule is CCNC(=NCC(NC(=O)OC(C)(C)C)C(C)C)NCCc1nc(C)c(C)s1.I. The van der Waals surface area contributed by atoms with E-state index in [1.165, 1.54) is 4.88 Å². The summed E-state index contributed by atoms with van der Waals surface area (Å²) in [5.41, 5.74) is 0.589. The lowest BCUT2D eigenvalue weighted by Crippen LogP contribution is -2.45. The number of nitrogens with one attached hydrogen (secondary N) is 3. The quantitative estimate of drug-likeness (QED) is 0.264. The summed E-state index contributed by atoms with van der Waals surface area (Å²) in [6.45, 7) is 17.9. The van der Waals surface area contributed by atoms with Gasteiger partial charge in [0.15, 0.2) is 5.96 Å². The van der Waals surface area contributed by atoms with E-state index in [4.69, 9.17) is 4.74 Å². The van der Waals surface area contributed by atoms with Gasteiger partial charge >= 0.3 is 6.09 Å². The molecule has 0 radical (unpaired) electrons. The minimum atomic E-state index is -0.516. The number of aliphatic imine (C=N–C) groups is 1. The number of guanidine groups is 1. The van der Waals surface area contributed by atoms with E-state index in [0.29, 0.717) is 6.54 Å². The Morgan fingerprint density at radius 3 is 2.38 bits per heavy atom. The smallest absolute Gasteiger partial charge is 0.407 e. The van der Waals surface area contributed by atoms with Crippen LogP contribution in [0.3, 0.4) is 0 Å². The fraction of sp³-hybridized carbons (Fsp3) is 0.750. The van der Waals surface area contributed by atoms with Crippen molar-refractivity contribution in [1.29, 1.82) is 0 Å². The van der Waals surface area contributed by atoms with E-state index in [2.05, 4.69) is 46.7 Å². The van der Waals surface area contributed by atoms with Gasteiger partial charge in [-0.25, -0.2) is 9.78 Å². The summed E-state index contributed by atoms with van der Waals surface area (Å²) in [6.07, 6.45) is 0.446. The molecule has 1 aromatic heterocycles. The van der Waals surface area contributed by atoms with E-state index < -0.39 is 11.7 Å². The van der Waals surface area contributed by atoms with E-state index in [0.717, 1.165) is 36.2 Å². The van der Waals surface area contributed by atoms with Gasteiger partial charge in [0.05, 0.1) is 23.3 Å². The van der Waals surface area contributed by atoms with Crippen LogP contribution in [0.25, 0.3) is 0 Å². The Morgan fingerprint density at radius 2 is 1.90 bits per heavy atom. The molecule has 0 saturated carbocycles. The Hall–Kier alpha value is -1.10. The number of nitrogens with zero attached hydrogens (tertiary/aromatic N) is 2. The zero-order chi connectivity index (χ0) is 21.3. The highest BCUT2D eigenvalue weighted by atomic mass is 127. The van der Waals surface area contributed by atoms with E-state index in [-0.39, 0.29) is 35.9 Å². The normalized spacial score (nSPS) is 12.9. The van der Waals surface area contributed by atoms with Crippen molar-refractivity contribution in [3.63, 3.8) is 0 Å². The molecule has 0 aromatic carbocycles. The van der Waals surface area contributed by atoms with Crippen molar-refractivity contribution in [3.8, 4) is 0 Å². The summed E-state index contributed by atoms with van der Waals surface area (Å²) in [5.74, 6) is 0.976. The van der Waals surface area contributed by atoms with Crippen molar-refractivity contribution in [1.82, 2.24) is 20.9 Å². The number of carbonyl (C=O) groups excluding carboxylic acids is 1. The molecule has 0 spiro atoms. The van der Waals surface area contributed by atoms with E-state index >= 15 is 0 Å². The summed E-state index contributed by atoms with van der Waals surface area (Å²) in [5, 5.41) is 10.7. The molecule has 1 unspecified atom stereocenters. The molecule has 3 N–H and O–H groups in total. The third-order valence-electron chi connectivity index (χ3n) is 4.00. The summed E-state index contributed by atoms with van der Waals surface area (Å²) in [6, 6.07) is -0.102. The van der Waals surface area contributed by atoms with Crippen molar-refractivity contribution >= 4 is 47.4 Å². The molecule has 1 amide bonds. The third-order valence-corrected chi connectivity index (χ3v) is 5.13. The maximum absolute atomic E-state index is 12.1. The fourth-order valence-electron chi connectivity index (χ4n) is 2.35. The van der Waals surface area contributed by atoms with Gasteiger partial charge in [0.2, 0.25) is 0 Å². The molecule has 29 heavy (non-hydrogen) atoms. The number of thiazole rings is 1. The summed E-state index contributed by atoms with van der Waals surface area (Å²) in [7, 11) is 0. The van der Waals surface area contributed by atoms with Crippen LogP contribution < -0.4 is 16.0 Å². The lowest BCUT2D eigenvalue weighted by atomic mass is 10.1. The Morgan fingerprint density at radius 1 is 1.24 bits per heavy atom. The Balaban J connectivity index is 0.00000784. The van der Waals surface area contributed by atoms with Gasteiger partial charge in [-0.05, 0) is 47.5 Å². The molecular weight excluding hydrogens is 501 g/mol. The average molecular weight is 540 g/mol. The van der Waals surface area contributed by atoms with Gasteiger partial charge in [0.25, 0.3) is 0 Å². The first-order chi connectivity index (χ1) is 13.0. The summed E-state index contributed by atoms with van der Waals surface area (Å²) >= 11 is 1.74. The molecule has 1 aromatic rings. The molecule has 0 aliphatic carbocycles. The van der Waals surface area contributed by atoms with E-state index in [9.17, 15) is 4.79 Å². The zero-order valence-electron chi connectivity index (χ0n) is 19.0. The van der Waals surface area contributed by atoms with Crippen LogP contribution in [0, 0.1) is 19.8 Å². The maximum atomic E-state index is 12.1. The highest BCUT2D eigenvalue weighted by Crippen LogP contribution is 2.16. The first kappa shape index (κ1) is 27.9. The predicted octanol–water partition coefficient (Wildman–Crippen LogP) is 4.02. The van der Waals surface area contributed by atoms with Gasteiger partial charge in [0.1, 0.15) is 5.60 Å². The van der Waals surface area contributed by atoms with Crippen molar-refractivity contribution in [2.24, 2.45) is 10.9 Å². The molecule has 0 bridgehead atoms. The van der Waals surface area contributed by atoms with Crippen molar-refractivity contribution in [2.45, 2.75) is 73.5 Å². The molecule has 168 valence electrons. The molecule has 0 aliphatic heterocycles. The van der Waals surface area contributed by atoms with Gasteiger partial charge in [-0.2, -0.15) is 0 Å². The topological polar surface area (TPSA) is 87.6 Å². The second kappa shape index (κ2) is 13.3. The number of rotatable bonds is 8. The molecule has 9 heteroatoms. The molecule has 1 atom stereocenters. The Labute approximate surface area is 196 Å². The second-order valence-corrected chi connectivity index (χ2v) is 9.43. The number of aryl methyl sites for hydroxylation is 2. The number of aromatic nitrogens is 1. The largest absolute Gasteiger partial charge is 0.444 e. The van der Waals surface area contributed by atoms with Gasteiger partial charge in [-0.15, -0.1) is 35.3 Å². The Bertz CT molecular complexity index is 636. The van der Waals surface area contributed by atoms with E-state index in [1.807, 2.05) is 34.6 Å². The highest BCUT2D eigenvalue weighted by molar-refractivity contribution is 14.0. The molecule has 0 fully saturated rings. The zero-order valence-corrected chi connectivity index (χ0v) is 22.2. The summed E-state index contributed by atoms with van der Waals surface area (Å²) < 4.78 is 5.36. The first-order valence-electron chi connectivity index (χ1n) is 9.96. The average Bonchev–Trinajstić information content (AvgIpc) is 2.87. The van der Waals surface area contributed by atoms with Crippen LogP contribution in [0.1, 0.15) is 57.1 Å². The molecule has 7 nitrogen and oxygen atoms in total. The van der Waals surface area contributed by atoms with Crippen LogP contribution in [-0.4, -0.2) is 48.3 Å². The third kappa shape index (κ3) is 11.6. The lowest BCUT2D eigenvalue weighted by molar-refractivity contribution is 0.0493. The molecule has 0 saturated heterocycles. The molecular formula is C20H38IN5O2S. The standard InChI is InChI=1S/C20H37N5O2S.HI/c1-9-21-18(22-11-10-17-24-14(4)15(5)28-17)23-12-16(13(2)3)25-19(26)27-20(6,7)8;/h13,16H,9-12H2,1-8H3,(H,25,26)(H2,21,22,23);1H. The van der Waals surface area contributed by atoms with Crippen molar-refractivity contribution in [3.05, 3.63) is 15.6 Å². The minimum Gasteiger partial charge on any atom is -0.444 e. The number of hydrogen-bond acceptors (Lipinski definition) is 5. The number of alkyl carbamates (subject to hydrolysis) is 1. The van der Waals surface area contributed by atoms with Crippen LogP contribution in [0.5, 0.6) is 0 Å². The maximum Gasteiger partial charge on any atom is 0.407 e. The summed E-state index contributed by atoms with van der Waals surface area (Å²) in [4.78, 5) is 22.6. The van der Waals surface area contributed by atoms with Crippen molar-refractivity contribution in [2.75, 3.05) is 19.6 Å². The lowest BCUT2D eigenvalue weighted by Gasteiger charge is -2.25. The number of carbonyl (C=O) groups is 1. The van der Waals surface area contributed by atoms with Gasteiger partial charge in [-0.3, -0.25) is 4.99 Å². The van der Waals surface area contributed by atoms with Crippen LogP contribution in [0.15, 0.2) is 4.99 Å². The monoisotopic (exact) mass is 539 g/mol.